The van der Waals surface area contributed by atoms with Crippen LogP contribution in [0, 0.1) is 5.92 Å². The first-order valence-electron chi connectivity index (χ1n) is 9.82. The third-order valence-electron chi connectivity index (χ3n) is 5.66. The Morgan fingerprint density at radius 3 is 2.67 bits per heavy atom. The van der Waals surface area contributed by atoms with Gasteiger partial charge in [0, 0.05) is 18.5 Å². The highest BCUT2D eigenvalue weighted by molar-refractivity contribution is 5.89. The van der Waals surface area contributed by atoms with Crippen LogP contribution in [0.15, 0.2) is 30.3 Å². The van der Waals surface area contributed by atoms with Crippen molar-refractivity contribution >= 4 is 11.9 Å². The fourth-order valence-electron chi connectivity index (χ4n) is 4.58. The molecule has 0 aliphatic carbocycles. The van der Waals surface area contributed by atoms with E-state index in [0.29, 0.717) is 19.6 Å². The van der Waals surface area contributed by atoms with Gasteiger partial charge < -0.3 is 9.64 Å². The Morgan fingerprint density at radius 2 is 1.96 bits per heavy atom. The van der Waals surface area contributed by atoms with Crippen LogP contribution in [-0.2, 0) is 25.7 Å². The summed E-state index contributed by atoms with van der Waals surface area (Å²) in [5, 5.41) is 1.81. The van der Waals surface area contributed by atoms with Gasteiger partial charge in [-0.1, -0.05) is 30.3 Å². The Labute approximate surface area is 160 Å². The summed E-state index contributed by atoms with van der Waals surface area (Å²) in [7, 11) is 0. The van der Waals surface area contributed by atoms with Gasteiger partial charge >= 0.3 is 5.97 Å². The molecule has 3 saturated heterocycles. The van der Waals surface area contributed by atoms with Gasteiger partial charge in [0.1, 0.15) is 17.7 Å². The van der Waals surface area contributed by atoms with E-state index < -0.39 is 11.6 Å². The lowest BCUT2D eigenvalue weighted by molar-refractivity contribution is -0.176. The van der Waals surface area contributed by atoms with Crippen molar-refractivity contribution < 1.29 is 19.2 Å². The van der Waals surface area contributed by atoms with Crippen molar-refractivity contribution in [1.82, 2.24) is 9.96 Å². The second-order valence-corrected chi connectivity index (χ2v) is 8.82. The molecular weight excluding hydrogens is 344 g/mol. The lowest BCUT2D eigenvalue weighted by Gasteiger charge is -2.40. The fraction of sp³-hybridized carbons (Fsp3) is 0.619. The Morgan fingerprint density at radius 1 is 1.22 bits per heavy atom. The third-order valence-corrected chi connectivity index (χ3v) is 5.66. The minimum absolute atomic E-state index is 0.0121. The molecule has 0 radical (unpaired) electrons. The van der Waals surface area contributed by atoms with E-state index in [4.69, 9.17) is 9.57 Å². The molecular formula is C21H28N2O4. The molecule has 146 valence electrons. The van der Waals surface area contributed by atoms with E-state index in [-0.39, 0.29) is 29.9 Å². The smallest absolute Gasteiger partial charge is 0.329 e. The summed E-state index contributed by atoms with van der Waals surface area (Å²) in [6.07, 6.45) is 2.43. The highest BCUT2D eigenvalue weighted by atomic mass is 16.7. The quantitative estimate of drug-likeness (QED) is 0.763. The van der Waals surface area contributed by atoms with Crippen LogP contribution in [0.3, 0.4) is 0 Å². The maximum atomic E-state index is 13.4. The van der Waals surface area contributed by atoms with E-state index in [2.05, 4.69) is 0 Å². The molecule has 3 aliphatic rings. The molecule has 1 aromatic rings. The molecule has 3 aliphatic heterocycles. The van der Waals surface area contributed by atoms with Gasteiger partial charge in [-0.05, 0) is 45.6 Å². The van der Waals surface area contributed by atoms with Gasteiger partial charge in [0.25, 0.3) is 0 Å². The molecule has 3 fully saturated rings. The van der Waals surface area contributed by atoms with Crippen molar-refractivity contribution in [3.8, 4) is 0 Å². The molecule has 1 amide bonds. The molecule has 4 rings (SSSR count). The van der Waals surface area contributed by atoms with Crippen molar-refractivity contribution in [1.29, 1.82) is 0 Å². The maximum absolute atomic E-state index is 13.4. The van der Waals surface area contributed by atoms with E-state index in [1.54, 1.807) is 4.90 Å². The molecule has 3 heterocycles. The van der Waals surface area contributed by atoms with E-state index in [9.17, 15) is 9.59 Å². The monoisotopic (exact) mass is 372 g/mol. The highest BCUT2D eigenvalue weighted by Crippen LogP contribution is 2.41. The van der Waals surface area contributed by atoms with Gasteiger partial charge in [0.2, 0.25) is 5.91 Å². The number of amides is 1. The number of piperidine rings is 1. The topological polar surface area (TPSA) is 59.1 Å². The summed E-state index contributed by atoms with van der Waals surface area (Å²) in [5.41, 5.74) is 0.560. The zero-order valence-corrected chi connectivity index (χ0v) is 16.3. The molecule has 4 atom stereocenters. The maximum Gasteiger partial charge on any atom is 0.329 e. The SMILES string of the molecule is CC(C)(C)OC(=O)[C@H]1CC[C@H]2C[C@H]3CON(Cc4ccccc4)[C@H]3C(=O)N21. The van der Waals surface area contributed by atoms with Crippen LogP contribution < -0.4 is 0 Å². The largest absolute Gasteiger partial charge is 0.458 e. The average molecular weight is 372 g/mol. The summed E-state index contributed by atoms with van der Waals surface area (Å²) < 4.78 is 5.58. The Hall–Kier alpha value is -1.92. The molecule has 0 spiro atoms. The number of carbonyl (C=O) groups is 2. The fourth-order valence-corrected chi connectivity index (χ4v) is 4.58. The number of benzene rings is 1. The lowest BCUT2D eigenvalue weighted by Crippen LogP contribution is -2.58. The van der Waals surface area contributed by atoms with Crippen LogP contribution in [0.25, 0.3) is 0 Å². The molecule has 0 saturated carbocycles. The van der Waals surface area contributed by atoms with E-state index in [0.717, 1.165) is 18.4 Å². The van der Waals surface area contributed by atoms with Gasteiger partial charge in [-0.2, -0.15) is 5.06 Å². The van der Waals surface area contributed by atoms with Crippen LogP contribution in [-0.4, -0.2) is 52.2 Å². The molecule has 0 unspecified atom stereocenters. The second-order valence-electron chi connectivity index (χ2n) is 8.82. The van der Waals surface area contributed by atoms with Gasteiger partial charge in [-0.3, -0.25) is 9.63 Å². The van der Waals surface area contributed by atoms with E-state index in [1.807, 2.05) is 56.2 Å². The summed E-state index contributed by atoms with van der Waals surface area (Å²) in [5.74, 6) is -0.0804. The number of hydrogen-bond acceptors (Lipinski definition) is 5. The summed E-state index contributed by atoms with van der Waals surface area (Å²) in [4.78, 5) is 33.7. The Balaban J connectivity index is 1.51. The van der Waals surface area contributed by atoms with Crippen LogP contribution in [0.5, 0.6) is 0 Å². The summed E-state index contributed by atoms with van der Waals surface area (Å²) in [6, 6.07) is 9.35. The Bertz CT molecular complexity index is 715. The van der Waals surface area contributed by atoms with Crippen molar-refractivity contribution in [2.75, 3.05) is 6.61 Å². The molecule has 6 heteroatoms. The van der Waals surface area contributed by atoms with Gasteiger partial charge in [-0.15, -0.1) is 0 Å². The van der Waals surface area contributed by atoms with Crippen LogP contribution in [0.2, 0.25) is 0 Å². The van der Waals surface area contributed by atoms with Crippen LogP contribution in [0.1, 0.15) is 45.6 Å². The number of esters is 1. The van der Waals surface area contributed by atoms with Crippen molar-refractivity contribution in [2.45, 2.75) is 70.3 Å². The molecule has 1 aromatic carbocycles. The molecule has 0 aromatic heterocycles. The first-order chi connectivity index (χ1) is 12.8. The molecule has 0 bridgehead atoms. The summed E-state index contributed by atoms with van der Waals surface area (Å²) >= 11 is 0. The minimum Gasteiger partial charge on any atom is -0.458 e. The highest BCUT2D eigenvalue weighted by Gasteiger charge is 2.54. The number of nitrogens with zero attached hydrogens (tertiary/aromatic N) is 2. The van der Waals surface area contributed by atoms with E-state index in [1.165, 1.54) is 0 Å². The lowest BCUT2D eigenvalue weighted by atomic mass is 9.87. The van der Waals surface area contributed by atoms with E-state index >= 15 is 0 Å². The van der Waals surface area contributed by atoms with Gasteiger partial charge in [0.05, 0.1) is 6.61 Å². The zero-order chi connectivity index (χ0) is 19.2. The first kappa shape index (κ1) is 18.4. The standard InChI is InChI=1S/C21H28N2O4/c1-21(2,3)27-20(25)17-10-9-16-11-15-13-26-22(18(15)19(24)23(16)17)12-14-7-5-4-6-8-14/h4-8,15-18H,9-13H2,1-3H3/t15-,16-,17+,18+/m0/s1. The third kappa shape index (κ3) is 3.60. The Kier molecular flexibility index (Phi) is 4.72. The van der Waals surface area contributed by atoms with Crippen molar-refractivity contribution in [2.24, 2.45) is 5.92 Å². The average Bonchev–Trinajstić information content (AvgIpc) is 3.19. The first-order valence-corrected chi connectivity index (χ1v) is 9.82. The number of ether oxygens (including phenoxy) is 1. The minimum atomic E-state index is -0.549. The summed E-state index contributed by atoms with van der Waals surface area (Å²) in [6.45, 7) is 6.72. The normalized spacial score (nSPS) is 30.9. The van der Waals surface area contributed by atoms with Gasteiger partial charge in [-0.25, -0.2) is 4.79 Å². The molecule has 6 nitrogen and oxygen atoms in total. The predicted octanol–water partition coefficient (Wildman–Crippen LogP) is 2.52. The zero-order valence-electron chi connectivity index (χ0n) is 16.3. The van der Waals surface area contributed by atoms with Crippen molar-refractivity contribution in [3.05, 3.63) is 35.9 Å². The number of hydrogen-bond donors (Lipinski definition) is 0. The number of hydroxylamine groups is 2. The number of carbonyl (C=O) groups excluding carboxylic acids is 2. The predicted molar refractivity (Wildman–Crippen MR) is 99.3 cm³/mol. The van der Waals surface area contributed by atoms with Gasteiger partial charge in [0.15, 0.2) is 0 Å². The number of rotatable bonds is 3. The number of fused-ring (bicyclic) bond motifs is 2. The second kappa shape index (κ2) is 6.91. The van der Waals surface area contributed by atoms with Crippen LogP contribution in [0.4, 0.5) is 0 Å². The van der Waals surface area contributed by atoms with Crippen molar-refractivity contribution in [3.63, 3.8) is 0 Å². The molecule has 27 heavy (non-hydrogen) atoms. The molecule has 0 N–H and O–H groups in total. The van der Waals surface area contributed by atoms with Crippen LogP contribution >= 0.6 is 0 Å².